The number of hydrogen-bond acceptors (Lipinski definition) is 3. The molecule has 1 amide bonds. The van der Waals surface area contributed by atoms with Gasteiger partial charge in [0.2, 0.25) is 5.91 Å². The van der Waals surface area contributed by atoms with E-state index in [9.17, 15) is 4.79 Å². The molecule has 26 heavy (non-hydrogen) atoms. The van der Waals surface area contributed by atoms with Crippen molar-refractivity contribution in [2.45, 2.75) is 31.5 Å². The van der Waals surface area contributed by atoms with Crippen molar-refractivity contribution in [3.63, 3.8) is 0 Å². The summed E-state index contributed by atoms with van der Waals surface area (Å²) in [6.07, 6.45) is 5.49. The Morgan fingerprint density at radius 2 is 1.88 bits per heavy atom. The Morgan fingerprint density at radius 1 is 1.08 bits per heavy atom. The van der Waals surface area contributed by atoms with Crippen molar-refractivity contribution >= 4 is 5.91 Å². The molecule has 132 valence electrons. The minimum Gasteiger partial charge on any atom is -0.351 e. The minimum absolute atomic E-state index is 0.0544. The Balaban J connectivity index is 1.38. The summed E-state index contributed by atoms with van der Waals surface area (Å²) < 4.78 is 1.82. The lowest BCUT2D eigenvalue weighted by molar-refractivity contribution is -0.123. The standard InChI is InChI=1S/C21H22N4O/c26-21(19-12-11-18(24-19)16-7-2-1-3-8-16)22-15-17-9-4-5-10-20(17)25-14-6-13-23-25/h1-10,13-14,18-19,24H,11-12,15H2,(H,22,26)/t18-,19-/m1/s1. The van der Waals surface area contributed by atoms with Gasteiger partial charge in [0.05, 0.1) is 11.7 Å². The molecule has 0 saturated carbocycles. The smallest absolute Gasteiger partial charge is 0.237 e. The van der Waals surface area contributed by atoms with Crippen LogP contribution in [0.15, 0.2) is 73.1 Å². The number of rotatable bonds is 5. The van der Waals surface area contributed by atoms with Crippen LogP contribution in [0.2, 0.25) is 0 Å². The Bertz CT molecular complexity index is 861. The Kier molecular flexibility index (Phi) is 4.80. The molecule has 0 bridgehead atoms. The molecule has 0 aliphatic carbocycles. The summed E-state index contributed by atoms with van der Waals surface area (Å²) in [5.41, 5.74) is 3.27. The Hall–Kier alpha value is -2.92. The van der Waals surface area contributed by atoms with Crippen molar-refractivity contribution < 1.29 is 4.79 Å². The average molecular weight is 346 g/mol. The molecule has 1 aromatic heterocycles. The molecule has 0 spiro atoms. The third-order valence-corrected chi connectivity index (χ3v) is 4.86. The third-order valence-electron chi connectivity index (χ3n) is 4.86. The lowest BCUT2D eigenvalue weighted by atomic mass is 10.1. The number of carbonyl (C=O) groups is 1. The van der Waals surface area contributed by atoms with Crippen molar-refractivity contribution in [3.05, 3.63) is 84.2 Å². The summed E-state index contributed by atoms with van der Waals surface area (Å²) in [6.45, 7) is 0.489. The van der Waals surface area contributed by atoms with Gasteiger partial charge < -0.3 is 5.32 Å². The highest BCUT2D eigenvalue weighted by atomic mass is 16.2. The lowest BCUT2D eigenvalue weighted by Crippen LogP contribution is -2.40. The summed E-state index contributed by atoms with van der Waals surface area (Å²) in [5.74, 6) is 0.0544. The maximum absolute atomic E-state index is 12.6. The SMILES string of the molecule is O=C(NCc1ccccc1-n1cccn1)[C@H]1CC[C@H](c2ccccc2)N1. The van der Waals surface area contributed by atoms with E-state index in [0.29, 0.717) is 6.54 Å². The van der Waals surface area contributed by atoms with Gasteiger partial charge in [0, 0.05) is 25.0 Å². The monoisotopic (exact) mass is 346 g/mol. The largest absolute Gasteiger partial charge is 0.351 e. The van der Waals surface area contributed by atoms with Gasteiger partial charge in [0.25, 0.3) is 0 Å². The van der Waals surface area contributed by atoms with E-state index >= 15 is 0 Å². The molecule has 1 aliphatic heterocycles. The highest BCUT2D eigenvalue weighted by Gasteiger charge is 2.29. The quantitative estimate of drug-likeness (QED) is 0.747. The third kappa shape index (κ3) is 3.53. The van der Waals surface area contributed by atoms with Crippen LogP contribution in [0.25, 0.3) is 5.69 Å². The van der Waals surface area contributed by atoms with Crippen LogP contribution < -0.4 is 10.6 Å². The van der Waals surface area contributed by atoms with Gasteiger partial charge in [-0.05, 0) is 36.1 Å². The number of hydrogen-bond donors (Lipinski definition) is 2. The molecule has 2 aromatic carbocycles. The Labute approximate surface area is 153 Å². The zero-order valence-corrected chi connectivity index (χ0v) is 14.5. The van der Waals surface area contributed by atoms with Crippen LogP contribution in [-0.4, -0.2) is 21.7 Å². The van der Waals surface area contributed by atoms with Crippen molar-refractivity contribution in [2.75, 3.05) is 0 Å². The second kappa shape index (κ2) is 7.54. The van der Waals surface area contributed by atoms with Gasteiger partial charge in [0.15, 0.2) is 0 Å². The topological polar surface area (TPSA) is 59.0 Å². The second-order valence-corrected chi connectivity index (χ2v) is 6.56. The van der Waals surface area contributed by atoms with Gasteiger partial charge in [-0.15, -0.1) is 0 Å². The zero-order chi connectivity index (χ0) is 17.8. The number of amides is 1. The van der Waals surface area contributed by atoms with E-state index in [0.717, 1.165) is 24.1 Å². The fraction of sp³-hybridized carbons (Fsp3) is 0.238. The van der Waals surface area contributed by atoms with Crippen LogP contribution in [0.3, 0.4) is 0 Å². The van der Waals surface area contributed by atoms with E-state index in [4.69, 9.17) is 0 Å². The van der Waals surface area contributed by atoms with E-state index in [1.54, 1.807) is 6.20 Å². The van der Waals surface area contributed by atoms with E-state index in [1.807, 2.05) is 59.4 Å². The van der Waals surface area contributed by atoms with E-state index in [2.05, 4.69) is 27.9 Å². The molecule has 3 aromatic rings. The predicted octanol–water partition coefficient (Wildman–Crippen LogP) is 2.98. The second-order valence-electron chi connectivity index (χ2n) is 6.56. The summed E-state index contributed by atoms with van der Waals surface area (Å²) in [7, 11) is 0. The van der Waals surface area contributed by atoms with Crippen LogP contribution in [0, 0.1) is 0 Å². The molecular weight excluding hydrogens is 324 g/mol. The Morgan fingerprint density at radius 3 is 2.69 bits per heavy atom. The number of para-hydroxylation sites is 1. The van der Waals surface area contributed by atoms with Gasteiger partial charge in [-0.25, -0.2) is 4.68 Å². The van der Waals surface area contributed by atoms with Crippen molar-refractivity contribution in [3.8, 4) is 5.69 Å². The van der Waals surface area contributed by atoms with Gasteiger partial charge in [0.1, 0.15) is 0 Å². The van der Waals surface area contributed by atoms with Crippen molar-refractivity contribution in [2.24, 2.45) is 0 Å². The molecule has 5 nitrogen and oxygen atoms in total. The summed E-state index contributed by atoms with van der Waals surface area (Å²) in [5, 5.41) is 10.8. The number of benzene rings is 2. The normalized spacial score (nSPS) is 19.4. The molecule has 4 rings (SSSR count). The van der Waals surface area contributed by atoms with Gasteiger partial charge in [-0.3, -0.25) is 10.1 Å². The van der Waals surface area contributed by atoms with E-state index < -0.39 is 0 Å². The fourth-order valence-corrected chi connectivity index (χ4v) is 3.50. The molecule has 0 unspecified atom stereocenters. The number of nitrogens with one attached hydrogen (secondary N) is 2. The highest BCUT2D eigenvalue weighted by Crippen LogP contribution is 2.26. The highest BCUT2D eigenvalue weighted by molar-refractivity contribution is 5.82. The molecule has 5 heteroatoms. The number of carbonyl (C=O) groups excluding carboxylic acids is 1. The molecule has 1 saturated heterocycles. The maximum Gasteiger partial charge on any atom is 0.237 e. The van der Waals surface area contributed by atoms with E-state index in [1.165, 1.54) is 5.56 Å². The first kappa shape index (κ1) is 16.5. The first-order valence-corrected chi connectivity index (χ1v) is 8.98. The summed E-state index contributed by atoms with van der Waals surface area (Å²) in [6, 6.07) is 20.3. The molecule has 2 heterocycles. The maximum atomic E-state index is 12.6. The first-order valence-electron chi connectivity index (χ1n) is 8.98. The van der Waals surface area contributed by atoms with E-state index in [-0.39, 0.29) is 18.0 Å². The zero-order valence-electron chi connectivity index (χ0n) is 14.5. The van der Waals surface area contributed by atoms with Gasteiger partial charge in [-0.1, -0.05) is 48.5 Å². The van der Waals surface area contributed by atoms with Crippen LogP contribution >= 0.6 is 0 Å². The summed E-state index contributed by atoms with van der Waals surface area (Å²) >= 11 is 0. The minimum atomic E-state index is -0.142. The molecule has 1 aliphatic rings. The van der Waals surface area contributed by atoms with Crippen molar-refractivity contribution in [1.82, 2.24) is 20.4 Å². The van der Waals surface area contributed by atoms with Crippen LogP contribution in [0.1, 0.15) is 30.0 Å². The molecular formula is C21H22N4O. The lowest BCUT2D eigenvalue weighted by Gasteiger charge is -2.16. The van der Waals surface area contributed by atoms with Crippen molar-refractivity contribution in [1.29, 1.82) is 0 Å². The van der Waals surface area contributed by atoms with Gasteiger partial charge in [-0.2, -0.15) is 5.10 Å². The molecule has 0 radical (unpaired) electrons. The van der Waals surface area contributed by atoms with Crippen LogP contribution in [-0.2, 0) is 11.3 Å². The molecule has 2 N–H and O–H groups in total. The molecule has 1 fully saturated rings. The van der Waals surface area contributed by atoms with Crippen LogP contribution in [0.4, 0.5) is 0 Å². The van der Waals surface area contributed by atoms with Gasteiger partial charge >= 0.3 is 0 Å². The number of aromatic nitrogens is 2. The molecule has 2 atom stereocenters. The fourth-order valence-electron chi connectivity index (χ4n) is 3.50. The van der Waals surface area contributed by atoms with Crippen LogP contribution in [0.5, 0.6) is 0 Å². The first-order chi connectivity index (χ1) is 12.8. The summed E-state index contributed by atoms with van der Waals surface area (Å²) in [4.78, 5) is 12.6. The predicted molar refractivity (Wildman–Crippen MR) is 101 cm³/mol. The average Bonchev–Trinajstić information content (AvgIpc) is 3.39. The number of nitrogens with zero attached hydrogens (tertiary/aromatic N) is 2.